The SMILES string of the molecule is CCSc1ccccc1C(=O)OCC(=O)Nc1sc2c(c1C(N)=O)CCCC2. The Labute approximate surface area is 171 Å². The summed E-state index contributed by atoms with van der Waals surface area (Å²) >= 11 is 2.92. The molecule has 0 saturated carbocycles. The number of esters is 1. The van der Waals surface area contributed by atoms with Crippen LogP contribution in [0.25, 0.3) is 0 Å². The van der Waals surface area contributed by atoms with Crippen LogP contribution in [0, 0.1) is 0 Å². The lowest BCUT2D eigenvalue weighted by molar-refractivity contribution is -0.119. The van der Waals surface area contributed by atoms with E-state index in [-0.39, 0.29) is 0 Å². The average Bonchev–Trinajstić information content (AvgIpc) is 3.04. The van der Waals surface area contributed by atoms with E-state index >= 15 is 0 Å². The molecule has 0 aliphatic heterocycles. The van der Waals surface area contributed by atoms with E-state index < -0.39 is 24.4 Å². The molecule has 3 N–H and O–H groups in total. The number of thioether (sulfide) groups is 1. The van der Waals surface area contributed by atoms with Crippen molar-refractivity contribution in [3.63, 3.8) is 0 Å². The molecule has 0 bridgehead atoms. The number of anilines is 1. The normalized spacial score (nSPS) is 12.9. The van der Waals surface area contributed by atoms with Gasteiger partial charge < -0.3 is 15.8 Å². The van der Waals surface area contributed by atoms with E-state index in [9.17, 15) is 14.4 Å². The summed E-state index contributed by atoms with van der Waals surface area (Å²) in [6.45, 7) is 1.57. The molecule has 0 spiro atoms. The number of amides is 2. The summed E-state index contributed by atoms with van der Waals surface area (Å²) in [4.78, 5) is 38.4. The monoisotopic (exact) mass is 418 g/mol. The van der Waals surface area contributed by atoms with Crippen LogP contribution in [0.15, 0.2) is 29.2 Å². The van der Waals surface area contributed by atoms with Crippen LogP contribution in [0.1, 0.15) is 50.9 Å². The number of primary amides is 1. The lowest BCUT2D eigenvalue weighted by Gasteiger charge is -2.11. The number of thiophene rings is 1. The highest BCUT2D eigenvalue weighted by Crippen LogP contribution is 2.37. The first-order valence-electron chi connectivity index (χ1n) is 9.14. The van der Waals surface area contributed by atoms with Gasteiger partial charge in [-0.15, -0.1) is 23.1 Å². The number of carbonyl (C=O) groups excluding carboxylic acids is 3. The summed E-state index contributed by atoms with van der Waals surface area (Å²) in [5.74, 6) is -0.761. The molecular weight excluding hydrogens is 396 g/mol. The molecule has 1 aromatic heterocycles. The highest BCUT2D eigenvalue weighted by atomic mass is 32.2. The van der Waals surface area contributed by atoms with Crippen molar-refractivity contribution in [2.24, 2.45) is 5.73 Å². The maximum absolute atomic E-state index is 12.3. The largest absolute Gasteiger partial charge is 0.452 e. The molecule has 1 heterocycles. The molecule has 2 aromatic rings. The molecule has 6 nitrogen and oxygen atoms in total. The van der Waals surface area contributed by atoms with Gasteiger partial charge in [0.2, 0.25) is 0 Å². The second-order valence-electron chi connectivity index (χ2n) is 6.33. The number of nitrogens with one attached hydrogen (secondary N) is 1. The number of aryl methyl sites for hydroxylation is 1. The average molecular weight is 419 g/mol. The van der Waals surface area contributed by atoms with Crippen LogP contribution in [0.2, 0.25) is 0 Å². The zero-order valence-electron chi connectivity index (χ0n) is 15.6. The second kappa shape index (κ2) is 9.25. The fourth-order valence-electron chi connectivity index (χ4n) is 3.20. The van der Waals surface area contributed by atoms with E-state index in [2.05, 4.69) is 5.32 Å². The lowest BCUT2D eigenvalue weighted by Crippen LogP contribution is -2.23. The minimum atomic E-state index is -0.549. The minimum absolute atomic E-state index is 0.393. The Balaban J connectivity index is 1.66. The maximum Gasteiger partial charge on any atom is 0.339 e. The molecule has 8 heteroatoms. The third-order valence-corrected chi connectivity index (χ3v) is 6.57. The van der Waals surface area contributed by atoms with Crippen LogP contribution >= 0.6 is 23.1 Å². The Morgan fingerprint density at radius 1 is 1.21 bits per heavy atom. The van der Waals surface area contributed by atoms with Crippen LogP contribution in [0.4, 0.5) is 5.00 Å². The molecule has 2 amide bonds. The number of hydrogen-bond donors (Lipinski definition) is 2. The Morgan fingerprint density at radius 2 is 1.96 bits per heavy atom. The molecule has 1 aliphatic rings. The molecule has 0 saturated heterocycles. The number of ether oxygens (including phenoxy) is 1. The van der Waals surface area contributed by atoms with Gasteiger partial charge in [-0.05, 0) is 49.1 Å². The topological polar surface area (TPSA) is 98.5 Å². The van der Waals surface area contributed by atoms with Crippen LogP contribution in [0.3, 0.4) is 0 Å². The zero-order chi connectivity index (χ0) is 20.1. The quantitative estimate of drug-likeness (QED) is 0.528. The van der Waals surface area contributed by atoms with Gasteiger partial charge in [0.05, 0.1) is 11.1 Å². The highest BCUT2D eigenvalue weighted by Gasteiger charge is 2.25. The van der Waals surface area contributed by atoms with Crippen molar-refractivity contribution >= 4 is 45.9 Å². The third-order valence-electron chi connectivity index (χ3n) is 4.41. The Kier molecular flexibility index (Phi) is 6.74. The molecule has 28 heavy (non-hydrogen) atoms. The van der Waals surface area contributed by atoms with E-state index in [1.165, 1.54) is 23.1 Å². The van der Waals surface area contributed by atoms with Crippen LogP contribution in [-0.4, -0.2) is 30.1 Å². The summed E-state index contributed by atoms with van der Waals surface area (Å²) in [6, 6.07) is 7.13. The highest BCUT2D eigenvalue weighted by molar-refractivity contribution is 7.99. The van der Waals surface area contributed by atoms with Gasteiger partial charge in [0.1, 0.15) is 5.00 Å². The number of benzene rings is 1. The maximum atomic E-state index is 12.3. The molecule has 148 valence electrons. The zero-order valence-corrected chi connectivity index (χ0v) is 17.2. The molecule has 1 aromatic carbocycles. The fraction of sp³-hybridized carbons (Fsp3) is 0.350. The van der Waals surface area contributed by atoms with Gasteiger partial charge in [-0.3, -0.25) is 9.59 Å². The number of nitrogens with two attached hydrogens (primary N) is 1. The second-order valence-corrected chi connectivity index (χ2v) is 8.74. The number of rotatable bonds is 7. The van der Waals surface area contributed by atoms with Crippen molar-refractivity contribution in [2.75, 3.05) is 17.7 Å². The van der Waals surface area contributed by atoms with Crippen LogP contribution in [-0.2, 0) is 22.4 Å². The third kappa shape index (κ3) is 4.56. The first-order chi connectivity index (χ1) is 13.5. The number of hydrogen-bond acceptors (Lipinski definition) is 6. The molecular formula is C20H22N2O4S2. The van der Waals surface area contributed by atoms with E-state index in [0.29, 0.717) is 16.1 Å². The van der Waals surface area contributed by atoms with Gasteiger partial charge in [-0.2, -0.15) is 0 Å². The summed E-state index contributed by atoms with van der Waals surface area (Å²) in [7, 11) is 0. The Bertz CT molecular complexity index is 908. The van der Waals surface area contributed by atoms with E-state index in [1.54, 1.807) is 12.1 Å². The molecule has 3 rings (SSSR count). The summed E-state index contributed by atoms with van der Waals surface area (Å²) in [5, 5.41) is 3.14. The predicted octanol–water partition coefficient (Wildman–Crippen LogP) is 3.63. The van der Waals surface area contributed by atoms with Gasteiger partial charge >= 0.3 is 5.97 Å². The summed E-state index contributed by atoms with van der Waals surface area (Å²) < 4.78 is 5.18. The van der Waals surface area contributed by atoms with Crippen molar-refractivity contribution < 1.29 is 19.1 Å². The van der Waals surface area contributed by atoms with Gasteiger partial charge in [0, 0.05) is 9.77 Å². The van der Waals surface area contributed by atoms with Gasteiger partial charge in [-0.25, -0.2) is 4.79 Å². The number of fused-ring (bicyclic) bond motifs is 1. The van der Waals surface area contributed by atoms with Gasteiger partial charge in [0.15, 0.2) is 6.61 Å². The van der Waals surface area contributed by atoms with Crippen molar-refractivity contribution in [3.8, 4) is 0 Å². The predicted molar refractivity (Wildman–Crippen MR) is 111 cm³/mol. The minimum Gasteiger partial charge on any atom is -0.452 e. The smallest absolute Gasteiger partial charge is 0.339 e. The molecule has 0 fully saturated rings. The first kappa shape index (κ1) is 20.4. The van der Waals surface area contributed by atoms with Gasteiger partial charge in [0.25, 0.3) is 11.8 Å². The van der Waals surface area contributed by atoms with Crippen LogP contribution < -0.4 is 11.1 Å². The summed E-state index contributed by atoms with van der Waals surface area (Å²) in [6.07, 6.45) is 3.74. The van der Waals surface area contributed by atoms with E-state index in [1.807, 2.05) is 19.1 Å². The molecule has 0 atom stereocenters. The first-order valence-corrected chi connectivity index (χ1v) is 10.9. The van der Waals surface area contributed by atoms with Crippen molar-refractivity contribution in [1.82, 2.24) is 0 Å². The van der Waals surface area contributed by atoms with E-state index in [0.717, 1.165) is 46.8 Å². The number of carbonyl (C=O) groups is 3. The molecule has 0 radical (unpaired) electrons. The molecule has 1 aliphatic carbocycles. The van der Waals surface area contributed by atoms with E-state index in [4.69, 9.17) is 10.5 Å². The standard InChI is InChI=1S/C20H22N2O4S2/c1-2-27-14-9-5-4-8-13(14)20(25)26-11-16(23)22-19-17(18(21)24)12-7-3-6-10-15(12)28-19/h4-5,8-9H,2-3,6-7,10-11H2,1H3,(H2,21,24)(H,22,23). The van der Waals surface area contributed by atoms with Crippen molar-refractivity contribution in [3.05, 3.63) is 45.8 Å². The van der Waals surface area contributed by atoms with Gasteiger partial charge in [-0.1, -0.05) is 19.1 Å². The Morgan fingerprint density at radius 3 is 2.71 bits per heavy atom. The fourth-order valence-corrected chi connectivity index (χ4v) is 5.31. The van der Waals surface area contributed by atoms with Crippen molar-refractivity contribution in [2.45, 2.75) is 37.5 Å². The Hall–Kier alpha value is -2.32. The lowest BCUT2D eigenvalue weighted by atomic mass is 9.95. The van der Waals surface area contributed by atoms with Crippen LogP contribution in [0.5, 0.6) is 0 Å². The van der Waals surface area contributed by atoms with Crippen molar-refractivity contribution in [1.29, 1.82) is 0 Å². The molecule has 0 unspecified atom stereocenters. The summed E-state index contributed by atoms with van der Waals surface area (Å²) in [5.41, 5.74) is 7.31.